The first-order valence-corrected chi connectivity index (χ1v) is 9.62. The van der Waals surface area contributed by atoms with Gasteiger partial charge in [-0.2, -0.15) is 0 Å². The lowest BCUT2D eigenvalue weighted by Crippen LogP contribution is -2.32. The molecule has 6 nitrogen and oxygen atoms in total. The van der Waals surface area contributed by atoms with Gasteiger partial charge in [-0.15, -0.1) is 0 Å². The molecule has 2 aromatic rings. The van der Waals surface area contributed by atoms with Gasteiger partial charge in [0, 0.05) is 18.7 Å². The zero-order valence-electron chi connectivity index (χ0n) is 16.3. The van der Waals surface area contributed by atoms with E-state index in [1.807, 2.05) is 13.8 Å². The van der Waals surface area contributed by atoms with Gasteiger partial charge in [0.25, 0.3) is 11.8 Å². The summed E-state index contributed by atoms with van der Waals surface area (Å²) in [4.78, 5) is 25.3. The molecular formula is C22H26N2O4. The third kappa shape index (κ3) is 4.89. The maximum Gasteiger partial charge on any atom is 0.255 e. The number of hydrogen-bond donors (Lipinski definition) is 2. The topological polar surface area (TPSA) is 76.7 Å². The van der Waals surface area contributed by atoms with Crippen LogP contribution in [0.2, 0.25) is 0 Å². The van der Waals surface area contributed by atoms with Gasteiger partial charge in [0.15, 0.2) is 0 Å². The van der Waals surface area contributed by atoms with E-state index in [0.29, 0.717) is 30.0 Å². The highest BCUT2D eigenvalue weighted by molar-refractivity contribution is 6.09. The number of nitrogens with one attached hydrogen (secondary N) is 2. The van der Waals surface area contributed by atoms with Crippen LogP contribution in [0.1, 0.15) is 46.0 Å². The van der Waals surface area contributed by atoms with Crippen molar-refractivity contribution in [2.45, 2.75) is 32.8 Å². The van der Waals surface area contributed by atoms with Crippen molar-refractivity contribution in [1.82, 2.24) is 5.32 Å². The first-order valence-electron chi connectivity index (χ1n) is 9.62. The van der Waals surface area contributed by atoms with Crippen molar-refractivity contribution in [2.75, 3.05) is 25.1 Å². The van der Waals surface area contributed by atoms with Crippen molar-refractivity contribution < 1.29 is 19.1 Å². The van der Waals surface area contributed by atoms with Gasteiger partial charge in [0.05, 0.1) is 24.0 Å². The Hall–Kier alpha value is -2.86. The highest BCUT2D eigenvalue weighted by Crippen LogP contribution is 2.21. The van der Waals surface area contributed by atoms with Crippen LogP contribution in [0.5, 0.6) is 5.75 Å². The normalized spacial score (nSPS) is 15.9. The summed E-state index contributed by atoms with van der Waals surface area (Å²) in [6.07, 6.45) is 2.04. The maximum absolute atomic E-state index is 12.7. The molecule has 1 aliphatic heterocycles. The summed E-state index contributed by atoms with van der Waals surface area (Å²) in [5.74, 6) is 0.257. The number of hydrogen-bond acceptors (Lipinski definition) is 4. The molecule has 148 valence electrons. The summed E-state index contributed by atoms with van der Waals surface area (Å²) in [5, 5.41) is 5.74. The van der Waals surface area contributed by atoms with Gasteiger partial charge in [0.1, 0.15) is 5.75 Å². The van der Waals surface area contributed by atoms with Crippen molar-refractivity contribution >= 4 is 17.5 Å². The molecule has 0 aromatic heterocycles. The minimum absolute atomic E-state index is 0.0672. The van der Waals surface area contributed by atoms with Gasteiger partial charge >= 0.3 is 0 Å². The van der Waals surface area contributed by atoms with Gasteiger partial charge in [-0.05, 0) is 62.6 Å². The summed E-state index contributed by atoms with van der Waals surface area (Å²) in [5.41, 5.74) is 2.30. The second-order valence-electron chi connectivity index (χ2n) is 6.76. The summed E-state index contributed by atoms with van der Waals surface area (Å²) in [6, 6.07) is 12.3. The standard InChI is InChI=1S/C22H26N2O4/c1-3-27-20-11-10-16(13-15(20)2)21(25)24-19-9-5-4-8-18(19)22(26)23-14-17-7-6-12-28-17/h4-5,8-11,13,17H,3,6-7,12,14H2,1-2H3,(H,23,26)(H,24,25)/t17-/m1/s1. The summed E-state index contributed by atoms with van der Waals surface area (Å²) in [6.45, 7) is 5.60. The number of carbonyl (C=O) groups excluding carboxylic acids is 2. The Morgan fingerprint density at radius 2 is 2.00 bits per heavy atom. The Kier molecular flexibility index (Phi) is 6.66. The minimum Gasteiger partial charge on any atom is -0.494 e. The molecule has 1 saturated heterocycles. The molecular weight excluding hydrogens is 356 g/mol. The highest BCUT2D eigenvalue weighted by atomic mass is 16.5. The fourth-order valence-corrected chi connectivity index (χ4v) is 3.20. The van der Waals surface area contributed by atoms with E-state index < -0.39 is 0 Å². The Morgan fingerprint density at radius 3 is 2.71 bits per heavy atom. The van der Waals surface area contributed by atoms with Gasteiger partial charge < -0.3 is 20.1 Å². The van der Waals surface area contributed by atoms with Crippen molar-refractivity contribution in [1.29, 1.82) is 0 Å². The molecule has 0 saturated carbocycles. The number of para-hydroxylation sites is 1. The number of aryl methyl sites for hydroxylation is 1. The van der Waals surface area contributed by atoms with Crippen molar-refractivity contribution in [3.05, 3.63) is 59.2 Å². The van der Waals surface area contributed by atoms with Crippen LogP contribution in [0.3, 0.4) is 0 Å². The molecule has 28 heavy (non-hydrogen) atoms. The zero-order chi connectivity index (χ0) is 19.9. The number of benzene rings is 2. The first kappa shape index (κ1) is 19.9. The smallest absolute Gasteiger partial charge is 0.255 e. The van der Waals surface area contributed by atoms with Crippen LogP contribution in [0, 0.1) is 6.92 Å². The lowest BCUT2D eigenvalue weighted by atomic mass is 10.1. The minimum atomic E-state index is -0.273. The number of anilines is 1. The summed E-state index contributed by atoms with van der Waals surface area (Å²) in [7, 11) is 0. The van der Waals surface area contributed by atoms with E-state index in [1.54, 1.807) is 42.5 Å². The second-order valence-corrected chi connectivity index (χ2v) is 6.76. The highest BCUT2D eigenvalue weighted by Gasteiger charge is 2.19. The molecule has 1 heterocycles. The molecule has 2 N–H and O–H groups in total. The van der Waals surface area contributed by atoms with Crippen molar-refractivity contribution in [3.8, 4) is 5.75 Å². The molecule has 0 spiro atoms. The third-order valence-electron chi connectivity index (χ3n) is 4.67. The van der Waals surface area contributed by atoms with Crippen LogP contribution < -0.4 is 15.4 Å². The van der Waals surface area contributed by atoms with Gasteiger partial charge in [0.2, 0.25) is 0 Å². The fraction of sp³-hybridized carbons (Fsp3) is 0.364. The van der Waals surface area contributed by atoms with E-state index in [2.05, 4.69) is 10.6 Å². The van der Waals surface area contributed by atoms with Crippen LogP contribution in [-0.4, -0.2) is 37.7 Å². The second kappa shape index (κ2) is 9.37. The average Bonchev–Trinajstić information content (AvgIpc) is 3.22. The van der Waals surface area contributed by atoms with Gasteiger partial charge in [-0.1, -0.05) is 12.1 Å². The third-order valence-corrected chi connectivity index (χ3v) is 4.67. The molecule has 1 fully saturated rings. The number of ether oxygens (including phenoxy) is 2. The van der Waals surface area contributed by atoms with E-state index in [0.717, 1.165) is 30.8 Å². The van der Waals surface area contributed by atoms with E-state index >= 15 is 0 Å². The molecule has 2 amide bonds. The molecule has 0 aliphatic carbocycles. The molecule has 2 aromatic carbocycles. The van der Waals surface area contributed by atoms with E-state index in [1.165, 1.54) is 0 Å². The monoisotopic (exact) mass is 382 g/mol. The molecule has 1 atom stereocenters. The summed E-state index contributed by atoms with van der Waals surface area (Å²) < 4.78 is 11.0. The number of rotatable bonds is 7. The number of carbonyl (C=O) groups is 2. The SMILES string of the molecule is CCOc1ccc(C(=O)Nc2ccccc2C(=O)NC[C@H]2CCCO2)cc1C. The molecule has 6 heteroatoms. The number of amides is 2. The average molecular weight is 382 g/mol. The Morgan fingerprint density at radius 1 is 1.18 bits per heavy atom. The fourth-order valence-electron chi connectivity index (χ4n) is 3.20. The van der Waals surface area contributed by atoms with Crippen LogP contribution in [0.25, 0.3) is 0 Å². The van der Waals surface area contributed by atoms with Crippen LogP contribution in [0.15, 0.2) is 42.5 Å². The van der Waals surface area contributed by atoms with Crippen molar-refractivity contribution in [2.24, 2.45) is 0 Å². The maximum atomic E-state index is 12.7. The Bertz CT molecular complexity index is 844. The van der Waals surface area contributed by atoms with Crippen LogP contribution >= 0.6 is 0 Å². The molecule has 0 radical (unpaired) electrons. The largest absolute Gasteiger partial charge is 0.494 e. The van der Waals surface area contributed by atoms with Crippen LogP contribution in [-0.2, 0) is 4.74 Å². The van der Waals surface area contributed by atoms with Crippen molar-refractivity contribution in [3.63, 3.8) is 0 Å². The van der Waals surface area contributed by atoms with E-state index in [-0.39, 0.29) is 17.9 Å². The van der Waals surface area contributed by atoms with E-state index in [9.17, 15) is 9.59 Å². The van der Waals surface area contributed by atoms with Gasteiger partial charge in [-0.3, -0.25) is 9.59 Å². The first-order chi connectivity index (χ1) is 13.6. The molecule has 3 rings (SSSR count). The molecule has 1 aliphatic rings. The van der Waals surface area contributed by atoms with E-state index in [4.69, 9.17) is 9.47 Å². The zero-order valence-corrected chi connectivity index (χ0v) is 16.3. The molecule has 0 unspecified atom stereocenters. The lowest BCUT2D eigenvalue weighted by molar-refractivity contribution is 0.0858. The Labute approximate surface area is 165 Å². The predicted molar refractivity (Wildman–Crippen MR) is 108 cm³/mol. The Balaban J connectivity index is 1.69. The quantitative estimate of drug-likeness (QED) is 0.768. The summed E-state index contributed by atoms with van der Waals surface area (Å²) >= 11 is 0. The lowest BCUT2D eigenvalue weighted by Gasteiger charge is -2.14. The molecule has 0 bridgehead atoms. The van der Waals surface area contributed by atoms with Gasteiger partial charge in [-0.25, -0.2) is 0 Å². The predicted octanol–water partition coefficient (Wildman–Crippen LogP) is 3.55. The van der Waals surface area contributed by atoms with Crippen LogP contribution in [0.4, 0.5) is 5.69 Å².